The van der Waals surface area contributed by atoms with Gasteiger partial charge in [0.25, 0.3) is 0 Å². The van der Waals surface area contributed by atoms with Crippen LogP contribution in [-0.2, 0) is 58.2 Å². The summed E-state index contributed by atoms with van der Waals surface area (Å²) in [5.41, 5.74) is 10.1. The summed E-state index contributed by atoms with van der Waals surface area (Å²) < 4.78 is 27.5. The van der Waals surface area contributed by atoms with Gasteiger partial charge in [0.05, 0.1) is 39.1 Å². The predicted octanol–water partition coefficient (Wildman–Crippen LogP) is 11.5. The Labute approximate surface area is 331 Å². The minimum Gasteiger partial charge on any atom is -0.376 e. The van der Waals surface area contributed by atoms with Crippen LogP contribution in [0.1, 0.15) is 51.4 Å². The van der Waals surface area contributed by atoms with Gasteiger partial charge in [-0.25, -0.2) is 0 Å². The number of hydrogen-bond acceptors (Lipinski definition) is 4. The van der Waals surface area contributed by atoms with Crippen LogP contribution in [0.15, 0.2) is 170 Å². The van der Waals surface area contributed by atoms with Crippen LogP contribution in [0.5, 0.6) is 0 Å². The maximum Gasteiger partial charge on any atom is 0.115 e. The van der Waals surface area contributed by atoms with E-state index in [0.29, 0.717) is 33.0 Å². The standard InChI is InChI=1S/C50H49ClO4/c1-2-37-23-25-38(26-24-37)29-44-30-43(27-28-47(44)51)46-31-45(36-52-32-39-15-7-3-8-16-39)48(53-33-40-17-9-4-10-18-40)50(55-35-42-21-13-6-14-22-42)49(46)54-34-41-19-11-5-12-20-41/h3-28,30-31,45,48-50H,2,29,32-36H2,1H3/t45-,48-,49+,50+/m1/s1. The third-order valence-electron chi connectivity index (χ3n) is 10.2. The molecule has 1 aliphatic carbocycles. The van der Waals surface area contributed by atoms with Gasteiger partial charge in [0.2, 0.25) is 0 Å². The molecule has 280 valence electrons. The van der Waals surface area contributed by atoms with Crippen LogP contribution in [0.3, 0.4) is 0 Å². The van der Waals surface area contributed by atoms with E-state index in [1.54, 1.807) is 0 Å². The van der Waals surface area contributed by atoms with Gasteiger partial charge in [-0.2, -0.15) is 0 Å². The molecule has 0 fully saturated rings. The summed E-state index contributed by atoms with van der Waals surface area (Å²) in [5, 5.41) is 0.741. The number of aryl methyl sites for hydroxylation is 1. The lowest BCUT2D eigenvalue weighted by Crippen LogP contribution is -2.50. The monoisotopic (exact) mass is 748 g/mol. The first kappa shape index (κ1) is 38.5. The lowest BCUT2D eigenvalue weighted by Gasteiger charge is -2.42. The molecule has 0 N–H and O–H groups in total. The van der Waals surface area contributed by atoms with Gasteiger partial charge in [-0.3, -0.25) is 0 Å². The molecule has 0 aromatic heterocycles. The number of ether oxygens (including phenoxy) is 4. The molecule has 4 atom stereocenters. The molecular formula is C50H49ClO4. The Morgan fingerprint density at radius 3 is 1.53 bits per heavy atom. The summed E-state index contributed by atoms with van der Waals surface area (Å²) in [6.07, 6.45) is 2.76. The SMILES string of the molecule is CCc1ccc(Cc2cc(C3=C[C@H](COCc4ccccc4)[C@@H](OCc4ccccc4)[C@H](OCc4ccccc4)[C@H]3OCc3ccccc3)ccc2Cl)cc1. The zero-order chi connectivity index (χ0) is 37.7. The topological polar surface area (TPSA) is 36.9 Å². The molecule has 5 heteroatoms. The highest BCUT2D eigenvalue weighted by Crippen LogP contribution is 2.39. The van der Waals surface area contributed by atoms with Crippen molar-refractivity contribution in [2.24, 2.45) is 5.92 Å². The number of halogens is 1. The highest BCUT2D eigenvalue weighted by molar-refractivity contribution is 6.31. The molecule has 6 aromatic rings. The van der Waals surface area contributed by atoms with Crippen LogP contribution in [0.25, 0.3) is 5.57 Å². The van der Waals surface area contributed by atoms with E-state index in [9.17, 15) is 0 Å². The first-order chi connectivity index (χ1) is 27.1. The van der Waals surface area contributed by atoms with Crippen molar-refractivity contribution in [1.29, 1.82) is 0 Å². The van der Waals surface area contributed by atoms with E-state index in [2.05, 4.69) is 97.9 Å². The average Bonchev–Trinajstić information content (AvgIpc) is 3.24. The molecule has 0 unspecified atom stereocenters. The summed E-state index contributed by atoms with van der Waals surface area (Å²) in [5.74, 6) is -0.138. The second-order valence-electron chi connectivity index (χ2n) is 14.2. The second kappa shape index (κ2) is 19.7. The molecule has 1 aliphatic rings. The maximum absolute atomic E-state index is 7.02. The Bertz CT molecular complexity index is 2070. The molecule has 0 saturated carbocycles. The van der Waals surface area contributed by atoms with Crippen LogP contribution in [0.4, 0.5) is 0 Å². The lowest BCUT2D eigenvalue weighted by molar-refractivity contribution is -0.158. The van der Waals surface area contributed by atoms with E-state index in [1.165, 1.54) is 11.1 Å². The molecule has 0 spiro atoms. The fourth-order valence-electron chi connectivity index (χ4n) is 7.19. The van der Waals surface area contributed by atoms with E-state index in [0.717, 1.165) is 56.8 Å². The van der Waals surface area contributed by atoms with Crippen LogP contribution < -0.4 is 0 Å². The summed E-state index contributed by atoms with van der Waals surface area (Å²) in [6.45, 7) is 4.38. The zero-order valence-electron chi connectivity index (χ0n) is 31.4. The van der Waals surface area contributed by atoms with Gasteiger partial charge < -0.3 is 18.9 Å². The van der Waals surface area contributed by atoms with Crippen molar-refractivity contribution >= 4 is 17.2 Å². The molecule has 6 aromatic carbocycles. The summed E-state index contributed by atoms with van der Waals surface area (Å²) in [7, 11) is 0. The quantitative estimate of drug-likeness (QED) is 0.0931. The minimum atomic E-state index is -0.460. The normalized spacial score (nSPS) is 18.2. The molecule has 7 rings (SSSR count). The van der Waals surface area contributed by atoms with Gasteiger partial charge in [-0.1, -0.05) is 176 Å². The van der Waals surface area contributed by atoms with Crippen LogP contribution in [0, 0.1) is 5.92 Å². The van der Waals surface area contributed by atoms with Gasteiger partial charge >= 0.3 is 0 Å². The summed E-state index contributed by atoms with van der Waals surface area (Å²) in [4.78, 5) is 0. The van der Waals surface area contributed by atoms with E-state index in [1.807, 2.05) is 78.9 Å². The Hall–Kier alpha value is -4.81. The Morgan fingerprint density at radius 2 is 0.982 bits per heavy atom. The Balaban J connectivity index is 1.28. The molecule has 0 amide bonds. The van der Waals surface area contributed by atoms with Crippen molar-refractivity contribution in [1.82, 2.24) is 0 Å². The molecule has 4 nitrogen and oxygen atoms in total. The second-order valence-corrected chi connectivity index (χ2v) is 14.6. The van der Waals surface area contributed by atoms with Crippen molar-refractivity contribution in [3.63, 3.8) is 0 Å². The van der Waals surface area contributed by atoms with Crippen molar-refractivity contribution < 1.29 is 18.9 Å². The molecule has 55 heavy (non-hydrogen) atoms. The lowest BCUT2D eigenvalue weighted by atomic mass is 9.80. The van der Waals surface area contributed by atoms with E-state index >= 15 is 0 Å². The number of rotatable bonds is 17. The number of benzene rings is 6. The van der Waals surface area contributed by atoms with E-state index in [4.69, 9.17) is 30.5 Å². The highest BCUT2D eigenvalue weighted by Gasteiger charge is 2.43. The van der Waals surface area contributed by atoms with Gasteiger partial charge in [0.1, 0.15) is 12.2 Å². The van der Waals surface area contributed by atoms with Crippen molar-refractivity contribution in [3.05, 3.63) is 219 Å². The predicted molar refractivity (Wildman–Crippen MR) is 223 cm³/mol. The maximum atomic E-state index is 7.02. The van der Waals surface area contributed by atoms with Crippen molar-refractivity contribution in [2.75, 3.05) is 6.61 Å². The molecular weight excluding hydrogens is 700 g/mol. The van der Waals surface area contributed by atoms with Gasteiger partial charge in [-0.15, -0.1) is 0 Å². The molecule has 0 aliphatic heterocycles. The van der Waals surface area contributed by atoms with E-state index < -0.39 is 12.2 Å². The smallest absolute Gasteiger partial charge is 0.115 e. The number of hydrogen-bond donors (Lipinski definition) is 0. The average molecular weight is 749 g/mol. The Morgan fingerprint density at radius 1 is 0.491 bits per heavy atom. The fourth-order valence-corrected chi connectivity index (χ4v) is 7.37. The highest BCUT2D eigenvalue weighted by atomic mass is 35.5. The fraction of sp³-hybridized carbons (Fsp3) is 0.240. The molecule has 0 heterocycles. The first-order valence-corrected chi connectivity index (χ1v) is 19.7. The van der Waals surface area contributed by atoms with Crippen LogP contribution >= 0.6 is 11.6 Å². The van der Waals surface area contributed by atoms with Crippen molar-refractivity contribution in [2.45, 2.75) is 64.5 Å². The van der Waals surface area contributed by atoms with Gasteiger partial charge in [0, 0.05) is 10.9 Å². The summed E-state index contributed by atoms with van der Waals surface area (Å²) >= 11 is 6.93. The zero-order valence-corrected chi connectivity index (χ0v) is 32.2. The molecule has 0 bridgehead atoms. The van der Waals surface area contributed by atoms with E-state index in [-0.39, 0.29) is 12.0 Å². The van der Waals surface area contributed by atoms with Crippen LogP contribution in [0.2, 0.25) is 5.02 Å². The van der Waals surface area contributed by atoms with Gasteiger partial charge in [0.15, 0.2) is 0 Å². The largest absolute Gasteiger partial charge is 0.376 e. The minimum absolute atomic E-state index is 0.138. The first-order valence-electron chi connectivity index (χ1n) is 19.3. The molecule has 0 saturated heterocycles. The van der Waals surface area contributed by atoms with Crippen molar-refractivity contribution in [3.8, 4) is 0 Å². The third kappa shape index (κ3) is 10.7. The molecule has 0 radical (unpaired) electrons. The van der Waals surface area contributed by atoms with Gasteiger partial charge in [-0.05, 0) is 75.1 Å². The Kier molecular flexibility index (Phi) is 13.8. The summed E-state index contributed by atoms with van der Waals surface area (Å²) in [6, 6.07) is 56.4. The third-order valence-corrected chi connectivity index (χ3v) is 10.6. The van der Waals surface area contributed by atoms with Crippen LogP contribution in [-0.4, -0.2) is 24.9 Å².